The highest BCUT2D eigenvalue weighted by molar-refractivity contribution is 6.03. The third-order valence-electron chi connectivity index (χ3n) is 2.15. The van der Waals surface area contributed by atoms with Gasteiger partial charge < -0.3 is 5.32 Å². The summed E-state index contributed by atoms with van der Waals surface area (Å²) in [5.41, 5.74) is 0.742. The number of nitrogens with one attached hydrogen (secondary N) is 1. The van der Waals surface area contributed by atoms with Crippen molar-refractivity contribution in [1.82, 2.24) is 19.6 Å². The number of hydrogen-bond donors (Lipinski definition) is 1. The van der Waals surface area contributed by atoms with Crippen LogP contribution in [-0.2, 0) is 14.1 Å². The molecule has 2 rings (SSSR count). The Bertz CT molecular complexity index is 603. The van der Waals surface area contributed by atoms with E-state index in [4.69, 9.17) is 5.26 Å². The maximum Gasteiger partial charge on any atom is 0.260 e. The minimum atomic E-state index is -0.340. The van der Waals surface area contributed by atoms with E-state index in [1.165, 1.54) is 15.6 Å². The Hall–Kier alpha value is -2.62. The zero-order valence-corrected chi connectivity index (χ0v) is 9.38. The second kappa shape index (κ2) is 4.09. The van der Waals surface area contributed by atoms with Crippen molar-refractivity contribution in [1.29, 1.82) is 5.26 Å². The molecule has 0 bridgehead atoms. The van der Waals surface area contributed by atoms with Crippen molar-refractivity contribution in [3.63, 3.8) is 0 Å². The molecule has 0 aromatic carbocycles. The van der Waals surface area contributed by atoms with E-state index >= 15 is 0 Å². The van der Waals surface area contributed by atoms with E-state index in [2.05, 4.69) is 15.5 Å². The predicted molar refractivity (Wildman–Crippen MR) is 59.1 cm³/mol. The molecule has 0 saturated heterocycles. The van der Waals surface area contributed by atoms with E-state index in [9.17, 15) is 4.79 Å². The highest BCUT2D eigenvalue weighted by Crippen LogP contribution is 2.12. The fourth-order valence-corrected chi connectivity index (χ4v) is 1.38. The van der Waals surface area contributed by atoms with Gasteiger partial charge in [-0.3, -0.25) is 14.2 Å². The summed E-state index contributed by atoms with van der Waals surface area (Å²) in [4.78, 5) is 11.8. The second-order valence-electron chi connectivity index (χ2n) is 3.53. The Balaban J connectivity index is 2.21. The minimum absolute atomic E-state index is 0.254. The van der Waals surface area contributed by atoms with Crippen LogP contribution in [0.25, 0.3) is 0 Å². The minimum Gasteiger partial charge on any atom is -0.304 e. The largest absolute Gasteiger partial charge is 0.304 e. The van der Waals surface area contributed by atoms with Crippen molar-refractivity contribution in [3.8, 4) is 6.07 Å². The van der Waals surface area contributed by atoms with Gasteiger partial charge in [-0.2, -0.15) is 15.5 Å². The maximum atomic E-state index is 11.8. The summed E-state index contributed by atoms with van der Waals surface area (Å²) in [6, 6.07) is 1.96. The van der Waals surface area contributed by atoms with Gasteiger partial charge >= 0.3 is 0 Å². The van der Waals surface area contributed by atoms with Crippen LogP contribution in [0, 0.1) is 11.3 Å². The molecule has 0 aliphatic heterocycles. The number of rotatable bonds is 2. The Morgan fingerprint density at radius 3 is 2.76 bits per heavy atom. The maximum absolute atomic E-state index is 11.8. The molecule has 0 saturated carbocycles. The van der Waals surface area contributed by atoms with Crippen LogP contribution in [0.2, 0.25) is 0 Å². The van der Waals surface area contributed by atoms with E-state index in [1.54, 1.807) is 26.5 Å². The monoisotopic (exact) mass is 230 g/mol. The summed E-state index contributed by atoms with van der Waals surface area (Å²) in [5, 5.41) is 19.3. The molecule has 2 aromatic rings. The first-order chi connectivity index (χ1) is 8.10. The molecular formula is C10H10N6O. The van der Waals surface area contributed by atoms with Gasteiger partial charge in [0.2, 0.25) is 0 Å². The Kier molecular flexibility index (Phi) is 2.62. The lowest BCUT2D eigenvalue weighted by Crippen LogP contribution is -2.12. The Morgan fingerprint density at radius 2 is 2.18 bits per heavy atom. The molecule has 1 amide bonds. The zero-order chi connectivity index (χ0) is 12.4. The smallest absolute Gasteiger partial charge is 0.260 e. The fourth-order valence-electron chi connectivity index (χ4n) is 1.38. The van der Waals surface area contributed by atoms with E-state index in [-0.39, 0.29) is 11.7 Å². The molecule has 1 N–H and O–H groups in total. The summed E-state index contributed by atoms with van der Waals surface area (Å²) in [5.74, 6) is -0.0860. The average molecular weight is 230 g/mol. The molecule has 0 atom stereocenters. The van der Waals surface area contributed by atoms with E-state index in [1.807, 2.05) is 6.07 Å². The van der Waals surface area contributed by atoms with Crippen molar-refractivity contribution >= 4 is 11.7 Å². The SMILES string of the molecule is Cn1cc(C(=O)Nc2nn(C)cc2C#N)cn1. The molecule has 7 nitrogen and oxygen atoms in total. The van der Waals surface area contributed by atoms with Gasteiger partial charge in [0.05, 0.1) is 11.8 Å². The molecule has 0 fully saturated rings. The summed E-state index contributed by atoms with van der Waals surface area (Å²) in [7, 11) is 3.40. The van der Waals surface area contributed by atoms with Crippen molar-refractivity contribution in [3.05, 3.63) is 29.7 Å². The molecule has 0 aliphatic rings. The lowest BCUT2D eigenvalue weighted by Gasteiger charge is -1.98. The van der Waals surface area contributed by atoms with Gasteiger partial charge in [0.1, 0.15) is 11.6 Å². The standard InChI is InChI=1S/C10H10N6O/c1-15-6-8(4-12-15)10(17)13-9-7(3-11)5-16(2)14-9/h4-6H,1-2H3,(H,13,14,17). The van der Waals surface area contributed by atoms with Crippen molar-refractivity contribution < 1.29 is 4.79 Å². The number of nitrogens with zero attached hydrogens (tertiary/aromatic N) is 5. The Morgan fingerprint density at radius 1 is 1.41 bits per heavy atom. The summed E-state index contributed by atoms with van der Waals surface area (Å²) >= 11 is 0. The third-order valence-corrected chi connectivity index (χ3v) is 2.15. The zero-order valence-electron chi connectivity index (χ0n) is 9.38. The van der Waals surface area contributed by atoms with Gasteiger partial charge in [-0.15, -0.1) is 0 Å². The van der Waals surface area contributed by atoms with Crippen LogP contribution in [0.4, 0.5) is 5.82 Å². The summed E-state index contributed by atoms with van der Waals surface area (Å²) < 4.78 is 3.00. The normalized spacial score (nSPS) is 9.94. The number of carbonyl (C=O) groups excluding carboxylic acids is 1. The molecule has 17 heavy (non-hydrogen) atoms. The number of nitriles is 1. The van der Waals surface area contributed by atoms with Gasteiger partial charge in [0.15, 0.2) is 5.82 Å². The number of anilines is 1. The molecule has 2 aromatic heterocycles. The first kappa shape index (κ1) is 10.9. The van der Waals surface area contributed by atoms with Crippen LogP contribution >= 0.6 is 0 Å². The molecule has 0 spiro atoms. The van der Waals surface area contributed by atoms with Crippen LogP contribution in [-0.4, -0.2) is 25.5 Å². The lowest BCUT2D eigenvalue weighted by molar-refractivity contribution is 0.102. The van der Waals surface area contributed by atoms with Gasteiger partial charge in [-0.25, -0.2) is 0 Å². The van der Waals surface area contributed by atoms with E-state index in [0.717, 1.165) is 0 Å². The molecular weight excluding hydrogens is 220 g/mol. The predicted octanol–water partition coefficient (Wildman–Crippen LogP) is 0.278. The fraction of sp³-hybridized carbons (Fsp3) is 0.200. The van der Waals surface area contributed by atoms with Crippen molar-refractivity contribution in [2.75, 3.05) is 5.32 Å². The van der Waals surface area contributed by atoms with Crippen LogP contribution in [0.3, 0.4) is 0 Å². The molecule has 0 aliphatic carbocycles. The highest BCUT2D eigenvalue weighted by atomic mass is 16.1. The Labute approximate surface area is 97.3 Å². The summed E-state index contributed by atoms with van der Waals surface area (Å²) in [6.45, 7) is 0. The van der Waals surface area contributed by atoms with Gasteiger partial charge in [-0.1, -0.05) is 0 Å². The quantitative estimate of drug-likeness (QED) is 0.802. The molecule has 7 heteroatoms. The first-order valence-corrected chi connectivity index (χ1v) is 4.84. The highest BCUT2D eigenvalue weighted by Gasteiger charge is 2.13. The number of amides is 1. The van der Waals surface area contributed by atoms with Gasteiger partial charge in [-0.05, 0) is 0 Å². The van der Waals surface area contributed by atoms with Crippen molar-refractivity contribution in [2.24, 2.45) is 14.1 Å². The number of carbonyl (C=O) groups is 1. The van der Waals surface area contributed by atoms with Gasteiger partial charge in [0.25, 0.3) is 5.91 Å². The van der Waals surface area contributed by atoms with Crippen molar-refractivity contribution in [2.45, 2.75) is 0 Å². The number of aromatic nitrogens is 4. The average Bonchev–Trinajstić information content (AvgIpc) is 2.85. The molecule has 0 radical (unpaired) electrons. The number of hydrogen-bond acceptors (Lipinski definition) is 4. The first-order valence-electron chi connectivity index (χ1n) is 4.84. The molecule has 0 unspecified atom stereocenters. The van der Waals surface area contributed by atoms with E-state index < -0.39 is 0 Å². The topological polar surface area (TPSA) is 88.5 Å². The molecule has 2 heterocycles. The second-order valence-corrected chi connectivity index (χ2v) is 3.53. The van der Waals surface area contributed by atoms with Crippen LogP contribution in [0.15, 0.2) is 18.6 Å². The molecule has 86 valence electrons. The number of aryl methyl sites for hydroxylation is 2. The van der Waals surface area contributed by atoms with Crippen LogP contribution in [0.5, 0.6) is 0 Å². The third kappa shape index (κ3) is 2.15. The summed E-state index contributed by atoms with van der Waals surface area (Å²) in [6.07, 6.45) is 4.58. The lowest BCUT2D eigenvalue weighted by atomic mass is 10.3. The van der Waals surface area contributed by atoms with Gasteiger partial charge in [0, 0.05) is 26.5 Å². The van der Waals surface area contributed by atoms with E-state index in [0.29, 0.717) is 11.1 Å². The van der Waals surface area contributed by atoms with Crippen LogP contribution in [0.1, 0.15) is 15.9 Å². The van der Waals surface area contributed by atoms with Crippen LogP contribution < -0.4 is 5.32 Å².